The van der Waals surface area contributed by atoms with Gasteiger partial charge in [0.2, 0.25) is 0 Å². The lowest BCUT2D eigenvalue weighted by atomic mass is 10.1. The Kier molecular flexibility index (Phi) is 4.65. The van der Waals surface area contributed by atoms with Crippen molar-refractivity contribution >= 4 is 15.7 Å². The molecule has 2 heterocycles. The highest BCUT2D eigenvalue weighted by molar-refractivity contribution is 7.91. The van der Waals surface area contributed by atoms with Gasteiger partial charge in [0.25, 0.3) is 0 Å². The summed E-state index contributed by atoms with van der Waals surface area (Å²) in [7, 11) is -2.88. The predicted molar refractivity (Wildman–Crippen MR) is 81.8 cm³/mol. The summed E-state index contributed by atoms with van der Waals surface area (Å²) >= 11 is 0. The second kappa shape index (κ2) is 6.10. The van der Waals surface area contributed by atoms with E-state index < -0.39 is 9.84 Å². The van der Waals surface area contributed by atoms with Gasteiger partial charge in [0.05, 0.1) is 11.5 Å². The van der Waals surface area contributed by atoms with Crippen LogP contribution >= 0.6 is 0 Å². The Balaban J connectivity index is 2.10. The van der Waals surface area contributed by atoms with Gasteiger partial charge in [0, 0.05) is 24.8 Å². The molecule has 1 aliphatic heterocycles. The molecule has 5 nitrogen and oxygen atoms in total. The van der Waals surface area contributed by atoms with E-state index in [4.69, 9.17) is 0 Å². The predicted octanol–water partition coefficient (Wildman–Crippen LogP) is 1.38. The van der Waals surface area contributed by atoms with Crippen LogP contribution in [0, 0.1) is 0 Å². The molecule has 0 saturated carbocycles. The molecule has 0 radical (unpaired) electrons. The van der Waals surface area contributed by atoms with Crippen LogP contribution < -0.4 is 10.2 Å². The Bertz CT molecular complexity index is 542. The minimum atomic E-state index is -2.88. The van der Waals surface area contributed by atoms with Crippen LogP contribution in [0.2, 0.25) is 0 Å². The summed E-state index contributed by atoms with van der Waals surface area (Å²) in [5.74, 6) is 1.29. The fourth-order valence-corrected chi connectivity index (χ4v) is 4.14. The van der Waals surface area contributed by atoms with Gasteiger partial charge in [-0.2, -0.15) is 0 Å². The van der Waals surface area contributed by atoms with Crippen LogP contribution in [0.4, 0.5) is 5.82 Å². The molecule has 20 heavy (non-hydrogen) atoms. The standard InChI is InChI=1S/C14H23N3O2S/c1-4-15-12(3)13-5-6-14(16-9-13)17-7-8-20(18,19)10-11(17)2/h5-6,9,11-12,15H,4,7-8,10H2,1-3H3. The number of rotatable bonds is 4. The maximum atomic E-state index is 11.6. The van der Waals surface area contributed by atoms with Crippen molar-refractivity contribution in [3.05, 3.63) is 23.9 Å². The molecule has 6 heteroatoms. The van der Waals surface area contributed by atoms with Crippen molar-refractivity contribution in [2.75, 3.05) is 29.5 Å². The normalized spacial score (nSPS) is 23.6. The third kappa shape index (κ3) is 3.49. The average Bonchev–Trinajstić information content (AvgIpc) is 2.38. The van der Waals surface area contributed by atoms with Gasteiger partial charge in [-0.15, -0.1) is 0 Å². The SMILES string of the molecule is CCNC(C)c1ccc(N2CCS(=O)(=O)CC2C)nc1. The summed E-state index contributed by atoms with van der Waals surface area (Å²) in [6.07, 6.45) is 1.87. The highest BCUT2D eigenvalue weighted by atomic mass is 32.2. The monoisotopic (exact) mass is 297 g/mol. The van der Waals surface area contributed by atoms with E-state index in [2.05, 4.69) is 35.1 Å². The molecule has 1 aromatic rings. The Morgan fingerprint density at radius 3 is 2.80 bits per heavy atom. The lowest BCUT2D eigenvalue weighted by Crippen LogP contribution is -2.47. The van der Waals surface area contributed by atoms with Crippen molar-refractivity contribution in [3.8, 4) is 0 Å². The van der Waals surface area contributed by atoms with Crippen molar-refractivity contribution in [2.24, 2.45) is 0 Å². The number of hydrogen-bond donors (Lipinski definition) is 1. The Labute approximate surface area is 121 Å². The lowest BCUT2D eigenvalue weighted by Gasteiger charge is -2.34. The van der Waals surface area contributed by atoms with E-state index in [0.29, 0.717) is 6.54 Å². The van der Waals surface area contributed by atoms with Crippen molar-refractivity contribution in [3.63, 3.8) is 0 Å². The van der Waals surface area contributed by atoms with E-state index in [1.165, 1.54) is 0 Å². The summed E-state index contributed by atoms with van der Waals surface area (Å²) in [6.45, 7) is 7.57. The summed E-state index contributed by atoms with van der Waals surface area (Å²) in [5, 5.41) is 3.35. The van der Waals surface area contributed by atoms with Crippen LogP contribution in [0.15, 0.2) is 18.3 Å². The zero-order chi connectivity index (χ0) is 14.8. The first kappa shape index (κ1) is 15.3. The molecule has 0 aromatic carbocycles. The van der Waals surface area contributed by atoms with Crippen LogP contribution in [0.1, 0.15) is 32.4 Å². The molecule has 2 rings (SSSR count). The molecule has 1 saturated heterocycles. The van der Waals surface area contributed by atoms with Gasteiger partial charge in [-0.1, -0.05) is 13.0 Å². The lowest BCUT2D eigenvalue weighted by molar-refractivity contribution is 0.566. The minimum Gasteiger partial charge on any atom is -0.352 e. The van der Waals surface area contributed by atoms with Gasteiger partial charge in [-0.3, -0.25) is 0 Å². The van der Waals surface area contributed by atoms with E-state index in [9.17, 15) is 8.42 Å². The number of sulfone groups is 1. The van der Waals surface area contributed by atoms with Gasteiger partial charge in [0.15, 0.2) is 9.84 Å². The van der Waals surface area contributed by atoms with Crippen LogP contribution in [0.3, 0.4) is 0 Å². The van der Waals surface area contributed by atoms with Crippen molar-refractivity contribution in [1.29, 1.82) is 0 Å². The molecule has 1 aromatic heterocycles. The summed E-state index contributed by atoms with van der Waals surface area (Å²) in [4.78, 5) is 6.57. The van der Waals surface area contributed by atoms with Crippen LogP contribution in [0.5, 0.6) is 0 Å². The quantitative estimate of drug-likeness (QED) is 0.909. The van der Waals surface area contributed by atoms with Crippen LogP contribution in [-0.2, 0) is 9.84 Å². The zero-order valence-corrected chi connectivity index (χ0v) is 13.2. The molecule has 0 bridgehead atoms. The van der Waals surface area contributed by atoms with E-state index in [1.807, 2.05) is 19.2 Å². The van der Waals surface area contributed by atoms with Gasteiger partial charge >= 0.3 is 0 Å². The maximum Gasteiger partial charge on any atom is 0.154 e. The fourth-order valence-electron chi connectivity index (χ4n) is 2.59. The molecule has 1 aliphatic rings. The molecule has 1 N–H and O–H groups in total. The smallest absolute Gasteiger partial charge is 0.154 e. The van der Waals surface area contributed by atoms with Crippen molar-refractivity contribution < 1.29 is 8.42 Å². The topological polar surface area (TPSA) is 62.3 Å². The number of aromatic nitrogens is 1. The summed E-state index contributed by atoms with van der Waals surface area (Å²) in [5.41, 5.74) is 1.15. The summed E-state index contributed by atoms with van der Waals surface area (Å²) < 4.78 is 23.2. The van der Waals surface area contributed by atoms with Gasteiger partial charge < -0.3 is 10.2 Å². The minimum absolute atomic E-state index is 0.0155. The third-order valence-corrected chi connectivity index (χ3v) is 5.54. The Morgan fingerprint density at radius 2 is 2.25 bits per heavy atom. The first-order valence-corrected chi connectivity index (χ1v) is 8.91. The average molecular weight is 297 g/mol. The van der Waals surface area contributed by atoms with E-state index in [-0.39, 0.29) is 23.6 Å². The second-order valence-electron chi connectivity index (χ2n) is 5.39. The third-order valence-electron chi connectivity index (χ3n) is 3.75. The second-order valence-corrected chi connectivity index (χ2v) is 7.61. The molecule has 0 spiro atoms. The van der Waals surface area contributed by atoms with Crippen LogP contribution in [0.25, 0.3) is 0 Å². The number of nitrogens with one attached hydrogen (secondary N) is 1. The van der Waals surface area contributed by atoms with E-state index in [0.717, 1.165) is 17.9 Å². The van der Waals surface area contributed by atoms with E-state index in [1.54, 1.807) is 0 Å². The Hall–Kier alpha value is -1.14. The first-order valence-electron chi connectivity index (χ1n) is 7.09. The molecule has 2 unspecified atom stereocenters. The molecular weight excluding hydrogens is 274 g/mol. The number of pyridine rings is 1. The van der Waals surface area contributed by atoms with Crippen molar-refractivity contribution in [1.82, 2.24) is 10.3 Å². The molecule has 0 aliphatic carbocycles. The Morgan fingerprint density at radius 1 is 1.50 bits per heavy atom. The number of anilines is 1. The van der Waals surface area contributed by atoms with Crippen LogP contribution in [-0.4, -0.2) is 44.0 Å². The zero-order valence-electron chi connectivity index (χ0n) is 12.3. The highest BCUT2D eigenvalue weighted by Gasteiger charge is 2.28. The van der Waals surface area contributed by atoms with Gasteiger partial charge in [-0.25, -0.2) is 13.4 Å². The molecule has 112 valence electrons. The fraction of sp³-hybridized carbons (Fsp3) is 0.643. The van der Waals surface area contributed by atoms with Gasteiger partial charge in [0.1, 0.15) is 5.82 Å². The maximum absolute atomic E-state index is 11.6. The molecular formula is C14H23N3O2S. The highest BCUT2D eigenvalue weighted by Crippen LogP contribution is 2.21. The number of hydrogen-bond acceptors (Lipinski definition) is 5. The van der Waals surface area contributed by atoms with Gasteiger partial charge in [-0.05, 0) is 32.0 Å². The molecule has 0 amide bonds. The first-order chi connectivity index (χ1) is 9.43. The molecule has 1 fully saturated rings. The van der Waals surface area contributed by atoms with E-state index >= 15 is 0 Å². The largest absolute Gasteiger partial charge is 0.352 e. The summed E-state index contributed by atoms with van der Waals surface area (Å²) in [6, 6.07) is 4.31. The molecule has 2 atom stereocenters. The number of nitrogens with zero attached hydrogens (tertiary/aromatic N) is 2. The van der Waals surface area contributed by atoms with Crippen molar-refractivity contribution in [2.45, 2.75) is 32.9 Å².